The van der Waals surface area contributed by atoms with Crippen LogP contribution in [0, 0.1) is 0 Å². The lowest BCUT2D eigenvalue weighted by molar-refractivity contribution is 0.104. The zero-order valence-electron chi connectivity index (χ0n) is 15.5. The third-order valence-corrected chi connectivity index (χ3v) is 5.93. The Kier molecular flexibility index (Phi) is 6.14. The summed E-state index contributed by atoms with van der Waals surface area (Å²) < 4.78 is 5.82. The van der Waals surface area contributed by atoms with Gasteiger partial charge in [-0.3, -0.25) is 5.32 Å². The van der Waals surface area contributed by atoms with Crippen LogP contribution in [0.2, 0.25) is 0 Å². The summed E-state index contributed by atoms with van der Waals surface area (Å²) in [5.41, 5.74) is 0.984. The van der Waals surface area contributed by atoms with Gasteiger partial charge in [0.05, 0.1) is 6.61 Å². The SMILES string of the molecule is CCOc1ccccc1CC1(N(C)C(=O)Nc2nccs2)CCCCC1. The van der Waals surface area contributed by atoms with Gasteiger partial charge in [0.1, 0.15) is 5.75 Å². The van der Waals surface area contributed by atoms with Gasteiger partial charge >= 0.3 is 6.03 Å². The third kappa shape index (κ3) is 4.18. The molecular formula is C20H27N3O2S. The maximum Gasteiger partial charge on any atom is 0.323 e. The highest BCUT2D eigenvalue weighted by molar-refractivity contribution is 7.13. The maximum absolute atomic E-state index is 12.9. The molecule has 1 N–H and O–H groups in total. The first-order valence-electron chi connectivity index (χ1n) is 9.29. The molecule has 1 aliphatic rings. The fourth-order valence-electron chi connectivity index (χ4n) is 3.82. The van der Waals surface area contributed by atoms with Crippen molar-refractivity contribution in [2.75, 3.05) is 19.0 Å². The lowest BCUT2D eigenvalue weighted by Gasteiger charge is -2.45. The molecule has 1 aromatic carbocycles. The topological polar surface area (TPSA) is 54.5 Å². The number of aromatic nitrogens is 1. The van der Waals surface area contributed by atoms with E-state index in [0.717, 1.165) is 37.9 Å². The van der Waals surface area contributed by atoms with Crippen molar-refractivity contribution in [1.82, 2.24) is 9.88 Å². The summed E-state index contributed by atoms with van der Waals surface area (Å²) in [6, 6.07) is 8.10. The predicted octanol–water partition coefficient (Wildman–Crippen LogP) is 4.95. The Bertz CT molecular complexity index is 712. The van der Waals surface area contributed by atoms with Gasteiger partial charge in [-0.25, -0.2) is 9.78 Å². The molecule has 6 heteroatoms. The summed E-state index contributed by atoms with van der Waals surface area (Å²) in [4.78, 5) is 18.9. The minimum absolute atomic E-state index is 0.0873. The molecule has 1 heterocycles. The van der Waals surface area contributed by atoms with Gasteiger partial charge in [-0.05, 0) is 37.8 Å². The molecule has 0 bridgehead atoms. The number of carbonyl (C=O) groups is 1. The predicted molar refractivity (Wildman–Crippen MR) is 106 cm³/mol. The number of carbonyl (C=O) groups excluding carboxylic acids is 1. The average Bonchev–Trinajstić information content (AvgIpc) is 3.16. The Balaban J connectivity index is 1.83. The van der Waals surface area contributed by atoms with Gasteiger partial charge in [0.25, 0.3) is 0 Å². The number of benzene rings is 1. The van der Waals surface area contributed by atoms with Crippen molar-refractivity contribution in [2.24, 2.45) is 0 Å². The molecule has 0 saturated heterocycles. The van der Waals surface area contributed by atoms with Crippen molar-refractivity contribution < 1.29 is 9.53 Å². The number of ether oxygens (including phenoxy) is 1. The monoisotopic (exact) mass is 373 g/mol. The Labute approximate surface area is 159 Å². The van der Waals surface area contributed by atoms with Crippen LogP contribution in [-0.2, 0) is 6.42 Å². The number of amides is 2. The Hall–Kier alpha value is -2.08. The van der Waals surface area contributed by atoms with Crippen molar-refractivity contribution >= 4 is 22.5 Å². The molecule has 3 rings (SSSR count). The Morgan fingerprint density at radius 2 is 2.08 bits per heavy atom. The first-order valence-corrected chi connectivity index (χ1v) is 10.2. The van der Waals surface area contributed by atoms with Gasteiger partial charge < -0.3 is 9.64 Å². The third-order valence-electron chi connectivity index (χ3n) is 5.24. The van der Waals surface area contributed by atoms with Crippen molar-refractivity contribution in [1.29, 1.82) is 0 Å². The zero-order valence-corrected chi connectivity index (χ0v) is 16.3. The highest BCUT2D eigenvalue weighted by atomic mass is 32.1. The van der Waals surface area contributed by atoms with Gasteiger partial charge in [0.2, 0.25) is 0 Å². The van der Waals surface area contributed by atoms with E-state index in [1.165, 1.54) is 23.3 Å². The minimum Gasteiger partial charge on any atom is -0.494 e. The number of anilines is 1. The summed E-state index contributed by atoms with van der Waals surface area (Å²) in [7, 11) is 1.91. The molecule has 0 spiro atoms. The molecule has 26 heavy (non-hydrogen) atoms. The van der Waals surface area contributed by atoms with Crippen molar-refractivity contribution in [2.45, 2.75) is 51.0 Å². The summed E-state index contributed by atoms with van der Waals surface area (Å²) in [6.07, 6.45) is 8.05. The molecule has 2 aromatic rings. The zero-order chi connectivity index (χ0) is 18.4. The van der Waals surface area contributed by atoms with E-state index < -0.39 is 0 Å². The fourth-order valence-corrected chi connectivity index (χ4v) is 4.34. The molecule has 1 fully saturated rings. The molecule has 2 amide bonds. The van der Waals surface area contributed by atoms with Gasteiger partial charge in [0.15, 0.2) is 5.13 Å². The summed E-state index contributed by atoms with van der Waals surface area (Å²) in [6.45, 7) is 2.64. The molecule has 0 radical (unpaired) electrons. The standard InChI is InChI=1S/C20H27N3O2S/c1-3-25-17-10-6-5-9-16(17)15-20(11-7-4-8-12-20)23(2)19(24)22-18-21-13-14-26-18/h5-6,9-10,13-14H,3-4,7-8,11-12,15H2,1-2H3,(H,21,22,24). The van der Waals surface area contributed by atoms with E-state index in [2.05, 4.69) is 16.4 Å². The van der Waals surface area contributed by atoms with Crippen LogP contribution in [0.5, 0.6) is 5.75 Å². The van der Waals surface area contributed by atoms with Crippen molar-refractivity contribution in [3.63, 3.8) is 0 Å². The van der Waals surface area contributed by atoms with Crippen LogP contribution < -0.4 is 10.1 Å². The van der Waals surface area contributed by atoms with E-state index in [1.54, 1.807) is 6.20 Å². The van der Waals surface area contributed by atoms with Crippen LogP contribution >= 0.6 is 11.3 Å². The molecular weight excluding hydrogens is 346 g/mol. The molecule has 0 atom stereocenters. The number of likely N-dealkylation sites (N-methyl/N-ethyl adjacent to an activating group) is 1. The second-order valence-corrected chi connectivity index (χ2v) is 7.72. The molecule has 1 saturated carbocycles. The van der Waals surface area contributed by atoms with E-state index in [0.29, 0.717) is 11.7 Å². The van der Waals surface area contributed by atoms with Gasteiger partial charge in [-0.1, -0.05) is 37.5 Å². The van der Waals surface area contributed by atoms with Crippen molar-refractivity contribution in [3.8, 4) is 5.75 Å². The van der Waals surface area contributed by atoms with Gasteiger partial charge in [-0.15, -0.1) is 11.3 Å². The number of para-hydroxylation sites is 1. The Morgan fingerprint density at radius 1 is 1.31 bits per heavy atom. The van der Waals surface area contributed by atoms with Crippen LogP contribution in [0.25, 0.3) is 0 Å². The highest BCUT2D eigenvalue weighted by Gasteiger charge is 2.39. The lowest BCUT2D eigenvalue weighted by Crippen LogP contribution is -2.53. The van der Waals surface area contributed by atoms with Crippen LogP contribution in [0.1, 0.15) is 44.6 Å². The van der Waals surface area contributed by atoms with Crippen LogP contribution in [0.4, 0.5) is 9.93 Å². The smallest absolute Gasteiger partial charge is 0.323 e. The van der Waals surface area contributed by atoms with E-state index in [1.807, 2.05) is 42.5 Å². The number of nitrogens with zero attached hydrogens (tertiary/aromatic N) is 2. The molecule has 140 valence electrons. The van der Waals surface area contributed by atoms with E-state index in [9.17, 15) is 4.79 Å². The number of thiazole rings is 1. The molecule has 0 aliphatic heterocycles. The van der Waals surface area contributed by atoms with E-state index in [-0.39, 0.29) is 11.6 Å². The van der Waals surface area contributed by atoms with Crippen molar-refractivity contribution in [3.05, 3.63) is 41.4 Å². The number of rotatable bonds is 6. The first-order chi connectivity index (χ1) is 12.6. The minimum atomic E-state index is -0.188. The second-order valence-electron chi connectivity index (χ2n) is 6.83. The number of hydrogen-bond acceptors (Lipinski definition) is 4. The first kappa shape index (κ1) is 18.7. The lowest BCUT2D eigenvalue weighted by atomic mass is 9.76. The fraction of sp³-hybridized carbons (Fsp3) is 0.500. The van der Waals surface area contributed by atoms with E-state index in [4.69, 9.17) is 4.74 Å². The van der Waals surface area contributed by atoms with Gasteiger partial charge in [0, 0.05) is 24.2 Å². The second kappa shape index (κ2) is 8.54. The normalized spacial score (nSPS) is 16.1. The number of nitrogens with one attached hydrogen (secondary N) is 1. The molecule has 5 nitrogen and oxygen atoms in total. The molecule has 0 unspecified atom stereocenters. The Morgan fingerprint density at radius 3 is 2.77 bits per heavy atom. The molecule has 1 aliphatic carbocycles. The maximum atomic E-state index is 12.9. The summed E-state index contributed by atoms with van der Waals surface area (Å²) in [5, 5.41) is 5.44. The number of hydrogen-bond donors (Lipinski definition) is 1. The van der Waals surface area contributed by atoms with Crippen LogP contribution in [0.15, 0.2) is 35.8 Å². The summed E-state index contributed by atoms with van der Waals surface area (Å²) >= 11 is 1.44. The molecule has 1 aromatic heterocycles. The average molecular weight is 374 g/mol. The van der Waals surface area contributed by atoms with Crippen LogP contribution in [0.3, 0.4) is 0 Å². The van der Waals surface area contributed by atoms with Crippen LogP contribution in [-0.4, -0.2) is 35.1 Å². The van der Waals surface area contributed by atoms with E-state index >= 15 is 0 Å². The quantitative estimate of drug-likeness (QED) is 0.779. The highest BCUT2D eigenvalue weighted by Crippen LogP contribution is 2.38. The summed E-state index contributed by atoms with van der Waals surface area (Å²) in [5.74, 6) is 0.925. The largest absolute Gasteiger partial charge is 0.494 e. The number of urea groups is 1. The van der Waals surface area contributed by atoms with Gasteiger partial charge in [-0.2, -0.15) is 0 Å².